The van der Waals surface area contributed by atoms with Crippen molar-refractivity contribution in [2.75, 3.05) is 13.2 Å². The van der Waals surface area contributed by atoms with Crippen LogP contribution in [0.25, 0.3) is 0 Å². The molecular formula is C65H126O6. The van der Waals surface area contributed by atoms with Gasteiger partial charge in [-0.15, -0.1) is 0 Å². The molecular weight excluding hydrogens is 877 g/mol. The van der Waals surface area contributed by atoms with E-state index < -0.39 is 6.10 Å². The minimum absolute atomic E-state index is 0.0620. The van der Waals surface area contributed by atoms with E-state index in [1.54, 1.807) is 0 Å². The van der Waals surface area contributed by atoms with E-state index in [1.807, 2.05) is 0 Å². The molecule has 0 aromatic heterocycles. The van der Waals surface area contributed by atoms with Crippen molar-refractivity contribution < 1.29 is 28.6 Å². The second-order valence-electron chi connectivity index (χ2n) is 22.9. The Hall–Kier alpha value is -1.59. The zero-order chi connectivity index (χ0) is 51.8. The van der Waals surface area contributed by atoms with E-state index in [1.165, 1.54) is 257 Å². The fourth-order valence-corrected chi connectivity index (χ4v) is 10.0. The Kier molecular flexibility index (Phi) is 56.4. The van der Waals surface area contributed by atoms with Gasteiger partial charge in [-0.1, -0.05) is 330 Å². The monoisotopic (exact) mass is 1000 g/mol. The van der Waals surface area contributed by atoms with Gasteiger partial charge in [0.1, 0.15) is 13.2 Å². The van der Waals surface area contributed by atoms with Gasteiger partial charge in [-0.25, -0.2) is 0 Å². The molecule has 0 bridgehead atoms. The molecule has 3 atom stereocenters. The molecule has 422 valence electrons. The van der Waals surface area contributed by atoms with Crippen molar-refractivity contribution in [2.24, 2.45) is 11.8 Å². The molecule has 0 amide bonds. The molecule has 0 aliphatic carbocycles. The van der Waals surface area contributed by atoms with E-state index in [0.717, 1.165) is 69.6 Å². The third-order valence-corrected chi connectivity index (χ3v) is 15.7. The first-order chi connectivity index (χ1) is 34.8. The molecule has 0 fully saturated rings. The van der Waals surface area contributed by atoms with E-state index in [0.29, 0.717) is 19.3 Å². The molecule has 0 saturated heterocycles. The highest BCUT2D eigenvalue weighted by Crippen LogP contribution is 2.20. The Bertz CT molecular complexity index is 1090. The standard InChI is InChI=1S/C65H126O6/c1-6-9-10-11-12-13-14-15-16-19-23-26-29-35-40-45-50-55-63(66)69-58-62(59-70-64(67)56-51-46-41-36-32-31-34-39-44-49-54-61(5)8-3)71-65(68)57-52-47-42-37-30-27-24-21-18-17-20-22-25-28-33-38-43-48-53-60(4)7-2/h60-62H,6-59H2,1-5H3/t60?,61?,62-/m1/s1. The molecule has 0 aromatic carbocycles. The molecule has 2 unspecified atom stereocenters. The first-order valence-electron chi connectivity index (χ1n) is 32.3. The van der Waals surface area contributed by atoms with Crippen molar-refractivity contribution in [1.29, 1.82) is 0 Å². The van der Waals surface area contributed by atoms with Crippen LogP contribution in [0.4, 0.5) is 0 Å². The third kappa shape index (κ3) is 56.0. The fourth-order valence-electron chi connectivity index (χ4n) is 10.0. The Labute approximate surface area is 444 Å². The van der Waals surface area contributed by atoms with Gasteiger partial charge >= 0.3 is 17.9 Å². The highest BCUT2D eigenvalue weighted by atomic mass is 16.6. The van der Waals surface area contributed by atoms with Crippen molar-refractivity contribution in [3.8, 4) is 0 Å². The first-order valence-corrected chi connectivity index (χ1v) is 32.3. The normalized spacial score (nSPS) is 12.8. The summed E-state index contributed by atoms with van der Waals surface area (Å²) in [6.07, 6.45) is 63.8. The average Bonchev–Trinajstić information content (AvgIpc) is 3.37. The highest BCUT2D eigenvalue weighted by Gasteiger charge is 2.19. The maximum absolute atomic E-state index is 12.9. The van der Waals surface area contributed by atoms with Crippen molar-refractivity contribution >= 4 is 17.9 Å². The predicted octanol–water partition coefficient (Wildman–Crippen LogP) is 21.6. The lowest BCUT2D eigenvalue weighted by Crippen LogP contribution is -2.30. The molecule has 6 heteroatoms. The van der Waals surface area contributed by atoms with Gasteiger partial charge in [0, 0.05) is 19.3 Å². The van der Waals surface area contributed by atoms with Crippen LogP contribution in [0.2, 0.25) is 0 Å². The minimum Gasteiger partial charge on any atom is -0.462 e. The van der Waals surface area contributed by atoms with Crippen molar-refractivity contribution in [2.45, 2.75) is 375 Å². The van der Waals surface area contributed by atoms with Crippen LogP contribution in [-0.4, -0.2) is 37.2 Å². The number of hydrogen-bond acceptors (Lipinski definition) is 6. The largest absolute Gasteiger partial charge is 0.462 e. The summed E-state index contributed by atoms with van der Waals surface area (Å²) in [5, 5.41) is 0. The molecule has 0 heterocycles. The molecule has 0 radical (unpaired) electrons. The third-order valence-electron chi connectivity index (χ3n) is 15.7. The molecule has 0 spiro atoms. The summed E-state index contributed by atoms with van der Waals surface area (Å²) >= 11 is 0. The molecule has 0 aliphatic heterocycles. The molecule has 0 saturated carbocycles. The highest BCUT2D eigenvalue weighted by molar-refractivity contribution is 5.71. The summed E-state index contributed by atoms with van der Waals surface area (Å²) in [4.78, 5) is 38.3. The van der Waals surface area contributed by atoms with Gasteiger partial charge in [0.05, 0.1) is 0 Å². The smallest absolute Gasteiger partial charge is 0.306 e. The van der Waals surface area contributed by atoms with Gasteiger partial charge in [0.25, 0.3) is 0 Å². The number of rotatable bonds is 59. The van der Waals surface area contributed by atoms with Crippen LogP contribution in [0.15, 0.2) is 0 Å². The summed E-state index contributed by atoms with van der Waals surface area (Å²) in [5.74, 6) is 0.947. The van der Waals surface area contributed by atoms with E-state index in [9.17, 15) is 14.4 Å². The summed E-state index contributed by atoms with van der Waals surface area (Å²) in [6.45, 7) is 11.5. The molecule has 0 aromatic rings. The zero-order valence-corrected chi connectivity index (χ0v) is 48.9. The second-order valence-corrected chi connectivity index (χ2v) is 22.9. The number of carbonyl (C=O) groups is 3. The van der Waals surface area contributed by atoms with Crippen molar-refractivity contribution in [3.63, 3.8) is 0 Å². The Morgan fingerprint density at radius 1 is 0.282 bits per heavy atom. The second kappa shape index (κ2) is 57.7. The number of hydrogen-bond donors (Lipinski definition) is 0. The minimum atomic E-state index is -0.764. The average molecular weight is 1000 g/mol. The lowest BCUT2D eigenvalue weighted by Gasteiger charge is -2.18. The Balaban J connectivity index is 4.27. The van der Waals surface area contributed by atoms with Gasteiger partial charge in [0.2, 0.25) is 0 Å². The van der Waals surface area contributed by atoms with E-state index >= 15 is 0 Å². The maximum atomic E-state index is 12.9. The van der Waals surface area contributed by atoms with Crippen LogP contribution in [0.3, 0.4) is 0 Å². The van der Waals surface area contributed by atoms with E-state index in [2.05, 4.69) is 34.6 Å². The SMILES string of the molecule is CCCCCCCCCCCCCCCCCCCC(=O)OC[C@H](COC(=O)CCCCCCCCCCCCC(C)CC)OC(=O)CCCCCCCCCCCCCCCCCCCCC(C)CC. The van der Waals surface area contributed by atoms with Crippen LogP contribution < -0.4 is 0 Å². The number of unbranched alkanes of at least 4 members (excludes halogenated alkanes) is 42. The number of carbonyl (C=O) groups excluding carboxylic acids is 3. The Morgan fingerprint density at radius 2 is 0.493 bits per heavy atom. The van der Waals surface area contributed by atoms with Crippen LogP contribution in [-0.2, 0) is 28.6 Å². The molecule has 0 N–H and O–H groups in total. The van der Waals surface area contributed by atoms with Crippen molar-refractivity contribution in [3.05, 3.63) is 0 Å². The topological polar surface area (TPSA) is 78.9 Å². The van der Waals surface area contributed by atoms with Crippen LogP contribution in [0.5, 0.6) is 0 Å². The van der Waals surface area contributed by atoms with Crippen molar-refractivity contribution in [1.82, 2.24) is 0 Å². The van der Waals surface area contributed by atoms with Crippen LogP contribution >= 0.6 is 0 Å². The maximum Gasteiger partial charge on any atom is 0.306 e. The van der Waals surface area contributed by atoms with Gasteiger partial charge in [-0.3, -0.25) is 14.4 Å². The van der Waals surface area contributed by atoms with Crippen LogP contribution in [0.1, 0.15) is 369 Å². The lowest BCUT2D eigenvalue weighted by atomic mass is 9.99. The molecule has 0 aliphatic rings. The van der Waals surface area contributed by atoms with Gasteiger partial charge in [0.15, 0.2) is 6.10 Å². The van der Waals surface area contributed by atoms with Gasteiger partial charge < -0.3 is 14.2 Å². The number of ether oxygens (including phenoxy) is 3. The first kappa shape index (κ1) is 69.4. The molecule has 71 heavy (non-hydrogen) atoms. The van der Waals surface area contributed by atoms with E-state index in [4.69, 9.17) is 14.2 Å². The summed E-state index contributed by atoms with van der Waals surface area (Å²) in [5.41, 5.74) is 0. The lowest BCUT2D eigenvalue weighted by molar-refractivity contribution is -0.167. The number of esters is 3. The van der Waals surface area contributed by atoms with Gasteiger partial charge in [-0.2, -0.15) is 0 Å². The summed E-state index contributed by atoms with van der Waals surface area (Å²) in [7, 11) is 0. The Morgan fingerprint density at radius 3 is 0.732 bits per heavy atom. The van der Waals surface area contributed by atoms with Crippen LogP contribution in [0, 0.1) is 11.8 Å². The zero-order valence-electron chi connectivity index (χ0n) is 48.9. The fraction of sp³-hybridized carbons (Fsp3) is 0.954. The summed E-state index contributed by atoms with van der Waals surface area (Å²) in [6, 6.07) is 0. The van der Waals surface area contributed by atoms with Gasteiger partial charge in [-0.05, 0) is 31.1 Å². The summed E-state index contributed by atoms with van der Waals surface area (Å²) < 4.78 is 17.0. The van der Waals surface area contributed by atoms with E-state index in [-0.39, 0.29) is 31.1 Å². The predicted molar refractivity (Wildman–Crippen MR) is 307 cm³/mol. The molecule has 0 rings (SSSR count). The molecule has 6 nitrogen and oxygen atoms in total. The quantitative estimate of drug-likeness (QED) is 0.0343.